The minimum absolute atomic E-state index is 0.0573. The summed E-state index contributed by atoms with van der Waals surface area (Å²) < 4.78 is 40.5. The third kappa shape index (κ3) is 3.76. The average Bonchev–Trinajstić information content (AvgIpc) is 3.38. The average molecular weight is 443 g/mol. The largest absolute Gasteiger partial charge is 0.497 e. The second kappa shape index (κ2) is 7.92. The van der Waals surface area contributed by atoms with Gasteiger partial charge in [-0.2, -0.15) is 0 Å². The number of carbonyl (C=O) groups is 1. The number of nitrogens with one attached hydrogen (secondary N) is 1. The van der Waals surface area contributed by atoms with Gasteiger partial charge < -0.3 is 14.1 Å². The van der Waals surface area contributed by atoms with E-state index in [2.05, 4.69) is 4.72 Å². The Labute approximate surface area is 182 Å². The molecule has 0 radical (unpaired) electrons. The molecule has 0 aliphatic carbocycles. The fourth-order valence-electron chi connectivity index (χ4n) is 4.00. The first kappa shape index (κ1) is 21.2. The first-order chi connectivity index (χ1) is 14.7. The number of benzene rings is 2. The van der Waals surface area contributed by atoms with Gasteiger partial charge in [0.25, 0.3) is 15.9 Å². The summed E-state index contributed by atoms with van der Waals surface area (Å²) in [7, 11) is -2.42. The first-order valence-corrected chi connectivity index (χ1v) is 11.7. The van der Waals surface area contributed by atoms with E-state index in [9.17, 15) is 13.2 Å². The number of amides is 1. The molecular formula is C23H26N2O5S. The number of hydrogen-bond acceptors (Lipinski definition) is 5. The summed E-state index contributed by atoms with van der Waals surface area (Å²) in [5, 5.41) is 0.640. The molecule has 1 fully saturated rings. The summed E-state index contributed by atoms with van der Waals surface area (Å²) in [6.45, 7) is 6.79. The van der Waals surface area contributed by atoms with E-state index in [0.29, 0.717) is 41.0 Å². The number of carbonyl (C=O) groups excluding carboxylic acids is 1. The number of ether oxygens (including phenoxy) is 1. The van der Waals surface area contributed by atoms with Crippen LogP contribution >= 0.6 is 0 Å². The van der Waals surface area contributed by atoms with Crippen molar-refractivity contribution >= 4 is 32.6 Å². The predicted octanol–water partition coefficient (Wildman–Crippen LogP) is 4.40. The van der Waals surface area contributed by atoms with Crippen LogP contribution in [0, 0.1) is 20.8 Å². The number of sulfonamides is 1. The van der Waals surface area contributed by atoms with Crippen LogP contribution in [-0.4, -0.2) is 39.4 Å². The Morgan fingerprint density at radius 3 is 2.32 bits per heavy atom. The van der Waals surface area contributed by atoms with E-state index in [1.54, 1.807) is 50.1 Å². The molecule has 7 nitrogen and oxygen atoms in total. The molecule has 1 amide bonds. The maximum atomic E-state index is 13.4. The lowest BCUT2D eigenvalue weighted by Gasteiger charge is -2.13. The van der Waals surface area contributed by atoms with E-state index in [1.807, 2.05) is 13.0 Å². The van der Waals surface area contributed by atoms with Crippen molar-refractivity contribution < 1.29 is 22.4 Å². The standard InChI is InChI=1S/C23H26N2O5S/c1-14-13-19-16(3)20(23(26)25-11-5-6-12-25)30-21(19)22(15(14)2)31(27,28)24-17-7-9-18(29-4)10-8-17/h7-10,13,24H,5-6,11-12H2,1-4H3. The van der Waals surface area contributed by atoms with Crippen molar-refractivity contribution in [1.82, 2.24) is 4.90 Å². The number of nitrogens with zero attached hydrogens (tertiary/aromatic N) is 1. The van der Waals surface area contributed by atoms with Crippen molar-refractivity contribution in [3.8, 4) is 5.75 Å². The van der Waals surface area contributed by atoms with Gasteiger partial charge in [0.15, 0.2) is 11.3 Å². The molecule has 31 heavy (non-hydrogen) atoms. The van der Waals surface area contributed by atoms with Crippen LogP contribution in [0.5, 0.6) is 5.75 Å². The molecule has 1 saturated heterocycles. The minimum Gasteiger partial charge on any atom is -0.497 e. The third-order valence-electron chi connectivity index (χ3n) is 5.89. The van der Waals surface area contributed by atoms with Gasteiger partial charge in [-0.3, -0.25) is 9.52 Å². The van der Waals surface area contributed by atoms with Crippen molar-refractivity contribution in [2.45, 2.75) is 38.5 Å². The van der Waals surface area contributed by atoms with Crippen molar-refractivity contribution in [2.75, 3.05) is 24.9 Å². The van der Waals surface area contributed by atoms with Gasteiger partial charge in [0, 0.05) is 29.7 Å². The number of methoxy groups -OCH3 is 1. The summed E-state index contributed by atoms with van der Waals surface area (Å²) in [5.41, 5.74) is 2.68. The number of likely N-dealkylation sites (tertiary alicyclic amines) is 1. The van der Waals surface area contributed by atoms with Crippen molar-refractivity contribution in [3.05, 3.63) is 52.8 Å². The molecule has 1 aliphatic rings. The second-order valence-corrected chi connectivity index (χ2v) is 9.53. The van der Waals surface area contributed by atoms with Crippen LogP contribution in [0.4, 0.5) is 5.69 Å². The fourth-order valence-corrected chi connectivity index (χ4v) is 5.51. The monoisotopic (exact) mass is 442 g/mol. The topological polar surface area (TPSA) is 88.8 Å². The molecular weight excluding hydrogens is 416 g/mol. The normalized spacial score (nSPS) is 14.3. The zero-order valence-corrected chi connectivity index (χ0v) is 18.9. The van der Waals surface area contributed by atoms with Gasteiger partial charge >= 0.3 is 0 Å². The summed E-state index contributed by atoms with van der Waals surface area (Å²) in [5.74, 6) is 0.652. The molecule has 0 saturated carbocycles. The smallest absolute Gasteiger partial charge is 0.289 e. The van der Waals surface area contributed by atoms with E-state index < -0.39 is 10.0 Å². The Kier molecular flexibility index (Phi) is 5.43. The maximum absolute atomic E-state index is 13.4. The van der Waals surface area contributed by atoms with Gasteiger partial charge in [-0.15, -0.1) is 0 Å². The predicted molar refractivity (Wildman–Crippen MR) is 119 cm³/mol. The van der Waals surface area contributed by atoms with Crippen LogP contribution in [-0.2, 0) is 10.0 Å². The fraction of sp³-hybridized carbons (Fsp3) is 0.348. The Balaban J connectivity index is 1.83. The number of furan rings is 1. The maximum Gasteiger partial charge on any atom is 0.289 e. The van der Waals surface area contributed by atoms with E-state index in [4.69, 9.17) is 9.15 Å². The van der Waals surface area contributed by atoms with Gasteiger partial charge in [-0.25, -0.2) is 8.42 Å². The van der Waals surface area contributed by atoms with E-state index >= 15 is 0 Å². The quantitative estimate of drug-likeness (QED) is 0.633. The summed E-state index contributed by atoms with van der Waals surface area (Å²) >= 11 is 0. The van der Waals surface area contributed by atoms with Crippen molar-refractivity contribution in [1.29, 1.82) is 0 Å². The molecule has 1 N–H and O–H groups in total. The van der Waals surface area contributed by atoms with Crippen LogP contribution in [0.15, 0.2) is 39.6 Å². The molecule has 8 heteroatoms. The van der Waals surface area contributed by atoms with E-state index in [-0.39, 0.29) is 22.1 Å². The summed E-state index contributed by atoms with van der Waals surface area (Å²) in [4.78, 5) is 14.8. The van der Waals surface area contributed by atoms with Gasteiger partial charge in [-0.1, -0.05) is 0 Å². The summed E-state index contributed by atoms with van der Waals surface area (Å²) in [6.07, 6.45) is 1.93. The second-order valence-electron chi connectivity index (χ2n) is 7.91. The van der Waals surface area contributed by atoms with Crippen molar-refractivity contribution in [3.63, 3.8) is 0 Å². The van der Waals surface area contributed by atoms with E-state index in [0.717, 1.165) is 18.4 Å². The zero-order valence-electron chi connectivity index (χ0n) is 18.1. The molecule has 0 unspecified atom stereocenters. The molecule has 2 heterocycles. The SMILES string of the molecule is COc1ccc(NS(=O)(=O)c2c(C)c(C)cc3c(C)c(C(=O)N4CCCC4)oc23)cc1. The van der Waals surface area contributed by atoms with E-state index in [1.165, 1.54) is 0 Å². The molecule has 4 rings (SSSR count). The van der Waals surface area contributed by atoms with Crippen LogP contribution in [0.2, 0.25) is 0 Å². The minimum atomic E-state index is -3.97. The Hall–Kier alpha value is -3.00. The third-order valence-corrected chi connectivity index (χ3v) is 7.42. The van der Waals surface area contributed by atoms with Gasteiger partial charge in [0.05, 0.1) is 7.11 Å². The lowest BCUT2D eigenvalue weighted by molar-refractivity contribution is 0.0762. The molecule has 0 atom stereocenters. The number of aryl methyl sites for hydroxylation is 2. The Bertz CT molecular complexity index is 1250. The highest BCUT2D eigenvalue weighted by Gasteiger charge is 2.30. The molecule has 1 aliphatic heterocycles. The molecule has 0 bridgehead atoms. The van der Waals surface area contributed by atoms with Crippen LogP contribution < -0.4 is 9.46 Å². The van der Waals surface area contributed by atoms with Gasteiger partial charge in [0.2, 0.25) is 0 Å². The van der Waals surface area contributed by atoms with Crippen molar-refractivity contribution in [2.24, 2.45) is 0 Å². The van der Waals surface area contributed by atoms with Crippen LogP contribution in [0.1, 0.15) is 40.1 Å². The molecule has 164 valence electrons. The Morgan fingerprint density at radius 1 is 1.06 bits per heavy atom. The van der Waals surface area contributed by atoms with Gasteiger partial charge in [-0.05, 0) is 75.1 Å². The highest BCUT2D eigenvalue weighted by molar-refractivity contribution is 7.93. The molecule has 3 aromatic rings. The number of rotatable bonds is 5. The van der Waals surface area contributed by atoms with Gasteiger partial charge in [0.1, 0.15) is 10.6 Å². The highest BCUT2D eigenvalue weighted by Crippen LogP contribution is 2.36. The molecule has 2 aromatic carbocycles. The number of anilines is 1. The first-order valence-electron chi connectivity index (χ1n) is 10.2. The number of fused-ring (bicyclic) bond motifs is 1. The Morgan fingerprint density at radius 2 is 1.71 bits per heavy atom. The molecule has 0 spiro atoms. The lowest BCUT2D eigenvalue weighted by atomic mass is 10.0. The number of hydrogen-bond donors (Lipinski definition) is 1. The zero-order chi connectivity index (χ0) is 22.3. The van der Waals surface area contributed by atoms with Crippen LogP contribution in [0.25, 0.3) is 11.0 Å². The lowest BCUT2D eigenvalue weighted by Crippen LogP contribution is -2.27. The molecule has 1 aromatic heterocycles. The summed E-state index contributed by atoms with van der Waals surface area (Å²) in [6, 6.07) is 8.51. The highest BCUT2D eigenvalue weighted by atomic mass is 32.2. The van der Waals surface area contributed by atoms with Crippen LogP contribution in [0.3, 0.4) is 0 Å².